The number of pyridine rings is 1. The summed E-state index contributed by atoms with van der Waals surface area (Å²) in [6.45, 7) is 1.85. The Morgan fingerprint density at radius 1 is 1.08 bits per heavy atom. The van der Waals surface area contributed by atoms with Gasteiger partial charge in [-0.2, -0.15) is 0 Å². The number of hydrogen-bond donors (Lipinski definition) is 1. The standard InChI is InChI=1S/C21H23N3O/c1-24-14-6-9-17(24)15-25-21-19-10-5-11-20(18(19)12-13-22-21)23-16-7-3-2-4-8-16/h2-5,7-8,10-13,17,23H,6,9,14-15H2,1H3. The molecule has 4 nitrogen and oxygen atoms in total. The van der Waals surface area contributed by atoms with E-state index in [2.05, 4.69) is 46.5 Å². The van der Waals surface area contributed by atoms with Gasteiger partial charge in [0, 0.05) is 34.4 Å². The quantitative estimate of drug-likeness (QED) is 0.748. The first kappa shape index (κ1) is 15.9. The first-order chi connectivity index (χ1) is 12.3. The minimum atomic E-state index is 0.489. The second kappa shape index (κ2) is 7.11. The molecule has 4 rings (SSSR count). The predicted molar refractivity (Wildman–Crippen MR) is 103 cm³/mol. The smallest absolute Gasteiger partial charge is 0.221 e. The van der Waals surface area contributed by atoms with Crippen LogP contribution in [0.1, 0.15) is 12.8 Å². The highest BCUT2D eigenvalue weighted by Gasteiger charge is 2.21. The van der Waals surface area contributed by atoms with Crippen LogP contribution in [0.15, 0.2) is 60.8 Å². The van der Waals surface area contributed by atoms with Gasteiger partial charge < -0.3 is 15.0 Å². The highest BCUT2D eigenvalue weighted by molar-refractivity contribution is 5.97. The van der Waals surface area contributed by atoms with Crippen LogP contribution in [0.3, 0.4) is 0 Å². The van der Waals surface area contributed by atoms with E-state index in [-0.39, 0.29) is 0 Å². The Hall–Kier alpha value is -2.59. The van der Waals surface area contributed by atoms with Gasteiger partial charge in [-0.3, -0.25) is 0 Å². The monoisotopic (exact) mass is 333 g/mol. The van der Waals surface area contributed by atoms with Crippen LogP contribution in [0.5, 0.6) is 5.88 Å². The predicted octanol–water partition coefficient (Wildman–Crippen LogP) is 4.45. The zero-order valence-corrected chi connectivity index (χ0v) is 14.5. The number of nitrogens with one attached hydrogen (secondary N) is 1. The molecule has 2 aromatic carbocycles. The average Bonchev–Trinajstić information content (AvgIpc) is 3.06. The lowest BCUT2D eigenvalue weighted by molar-refractivity contribution is 0.195. The number of anilines is 2. The fraction of sp³-hybridized carbons (Fsp3) is 0.286. The Balaban J connectivity index is 1.60. The number of aromatic nitrogens is 1. The molecule has 0 spiro atoms. The Morgan fingerprint density at radius 2 is 1.96 bits per heavy atom. The summed E-state index contributed by atoms with van der Waals surface area (Å²) in [7, 11) is 2.17. The molecule has 1 saturated heterocycles. The van der Waals surface area contributed by atoms with E-state index >= 15 is 0 Å². The van der Waals surface area contributed by atoms with Crippen molar-refractivity contribution in [3.8, 4) is 5.88 Å². The first-order valence-corrected chi connectivity index (χ1v) is 8.84. The van der Waals surface area contributed by atoms with E-state index in [1.807, 2.05) is 36.5 Å². The zero-order chi connectivity index (χ0) is 17.1. The minimum Gasteiger partial charge on any atom is -0.476 e. The summed E-state index contributed by atoms with van der Waals surface area (Å²) in [5.41, 5.74) is 2.13. The molecule has 3 aromatic rings. The maximum Gasteiger partial charge on any atom is 0.221 e. The van der Waals surface area contributed by atoms with Gasteiger partial charge in [0.05, 0.1) is 0 Å². The fourth-order valence-electron chi connectivity index (χ4n) is 3.45. The van der Waals surface area contributed by atoms with Gasteiger partial charge in [0.15, 0.2) is 0 Å². The van der Waals surface area contributed by atoms with Gasteiger partial charge in [-0.1, -0.05) is 24.3 Å². The molecule has 1 aromatic heterocycles. The highest BCUT2D eigenvalue weighted by atomic mass is 16.5. The Kier molecular flexibility index (Phi) is 4.53. The number of rotatable bonds is 5. The van der Waals surface area contributed by atoms with Crippen molar-refractivity contribution >= 4 is 22.1 Å². The third kappa shape index (κ3) is 3.44. The largest absolute Gasteiger partial charge is 0.476 e. The Labute approximate surface area is 148 Å². The van der Waals surface area contributed by atoms with Crippen molar-refractivity contribution in [2.24, 2.45) is 0 Å². The molecule has 0 bridgehead atoms. The summed E-state index contributed by atoms with van der Waals surface area (Å²) >= 11 is 0. The summed E-state index contributed by atoms with van der Waals surface area (Å²) < 4.78 is 6.10. The summed E-state index contributed by atoms with van der Waals surface area (Å²) in [6, 6.07) is 18.9. The van der Waals surface area contributed by atoms with E-state index in [9.17, 15) is 0 Å². The molecule has 1 aliphatic rings. The molecular weight excluding hydrogens is 310 g/mol. The molecular formula is C21H23N3O. The van der Waals surface area contributed by atoms with Gasteiger partial charge in [-0.15, -0.1) is 0 Å². The van der Waals surface area contributed by atoms with E-state index < -0.39 is 0 Å². The van der Waals surface area contributed by atoms with Crippen molar-refractivity contribution in [2.75, 3.05) is 25.5 Å². The zero-order valence-electron chi connectivity index (χ0n) is 14.5. The topological polar surface area (TPSA) is 37.4 Å². The van der Waals surface area contributed by atoms with Crippen molar-refractivity contribution < 1.29 is 4.74 Å². The van der Waals surface area contributed by atoms with Crippen LogP contribution in [-0.2, 0) is 0 Å². The Bertz CT molecular complexity index is 850. The molecule has 0 radical (unpaired) electrons. The number of fused-ring (bicyclic) bond motifs is 1. The number of ether oxygens (including phenoxy) is 1. The maximum absolute atomic E-state index is 6.10. The molecule has 0 amide bonds. The second-order valence-corrected chi connectivity index (χ2v) is 6.60. The van der Waals surface area contributed by atoms with Crippen LogP contribution in [-0.4, -0.2) is 36.1 Å². The number of likely N-dealkylation sites (N-methyl/N-ethyl adjacent to an activating group) is 1. The van der Waals surface area contributed by atoms with E-state index in [1.54, 1.807) is 0 Å². The number of nitrogens with zero attached hydrogens (tertiary/aromatic N) is 2. The lowest BCUT2D eigenvalue weighted by Crippen LogP contribution is -2.30. The highest BCUT2D eigenvalue weighted by Crippen LogP contribution is 2.31. The molecule has 1 N–H and O–H groups in total. The maximum atomic E-state index is 6.10. The van der Waals surface area contributed by atoms with Gasteiger partial charge >= 0.3 is 0 Å². The number of likely N-dealkylation sites (tertiary alicyclic amines) is 1. The fourth-order valence-corrected chi connectivity index (χ4v) is 3.45. The lowest BCUT2D eigenvalue weighted by atomic mass is 10.1. The van der Waals surface area contributed by atoms with Crippen LogP contribution >= 0.6 is 0 Å². The molecule has 4 heteroatoms. The summed E-state index contributed by atoms with van der Waals surface area (Å²) in [5, 5.41) is 5.65. The SMILES string of the molecule is CN1CCCC1COc1nccc2c(Nc3ccccc3)cccc12. The van der Waals surface area contributed by atoms with E-state index in [1.165, 1.54) is 12.8 Å². The van der Waals surface area contributed by atoms with Crippen molar-refractivity contribution in [3.05, 3.63) is 60.8 Å². The molecule has 25 heavy (non-hydrogen) atoms. The third-order valence-electron chi connectivity index (χ3n) is 4.91. The van der Waals surface area contributed by atoms with Crippen molar-refractivity contribution in [1.82, 2.24) is 9.88 Å². The number of benzene rings is 2. The van der Waals surface area contributed by atoms with Crippen LogP contribution in [0.25, 0.3) is 10.8 Å². The molecule has 1 aliphatic heterocycles. The molecule has 1 unspecified atom stereocenters. The molecule has 2 heterocycles. The summed E-state index contributed by atoms with van der Waals surface area (Å²) in [5.74, 6) is 0.717. The summed E-state index contributed by atoms with van der Waals surface area (Å²) in [6.07, 6.45) is 4.27. The van der Waals surface area contributed by atoms with Gasteiger partial charge in [-0.25, -0.2) is 4.98 Å². The van der Waals surface area contributed by atoms with Crippen molar-refractivity contribution in [2.45, 2.75) is 18.9 Å². The normalized spacial score (nSPS) is 17.7. The first-order valence-electron chi connectivity index (χ1n) is 8.84. The van der Waals surface area contributed by atoms with Gasteiger partial charge in [0.1, 0.15) is 6.61 Å². The number of hydrogen-bond acceptors (Lipinski definition) is 4. The second-order valence-electron chi connectivity index (χ2n) is 6.60. The molecule has 0 aliphatic carbocycles. The van der Waals surface area contributed by atoms with Gasteiger partial charge in [0.25, 0.3) is 0 Å². The average molecular weight is 333 g/mol. The summed E-state index contributed by atoms with van der Waals surface area (Å²) in [4.78, 5) is 6.84. The lowest BCUT2D eigenvalue weighted by Gasteiger charge is -2.20. The molecule has 1 atom stereocenters. The van der Waals surface area contributed by atoms with Crippen LogP contribution in [0.2, 0.25) is 0 Å². The minimum absolute atomic E-state index is 0.489. The molecule has 0 saturated carbocycles. The van der Waals surface area contributed by atoms with Gasteiger partial charge in [-0.05, 0) is 56.8 Å². The van der Waals surface area contributed by atoms with Crippen LogP contribution in [0, 0.1) is 0 Å². The van der Waals surface area contributed by atoms with Crippen LogP contribution < -0.4 is 10.1 Å². The van der Waals surface area contributed by atoms with Gasteiger partial charge in [0.2, 0.25) is 5.88 Å². The van der Waals surface area contributed by atoms with E-state index in [0.29, 0.717) is 12.6 Å². The molecule has 128 valence electrons. The molecule has 1 fully saturated rings. The third-order valence-corrected chi connectivity index (χ3v) is 4.91. The Morgan fingerprint density at radius 3 is 2.76 bits per heavy atom. The number of para-hydroxylation sites is 1. The van der Waals surface area contributed by atoms with Crippen molar-refractivity contribution in [1.29, 1.82) is 0 Å². The van der Waals surface area contributed by atoms with Crippen molar-refractivity contribution in [3.63, 3.8) is 0 Å². The van der Waals surface area contributed by atoms with E-state index in [4.69, 9.17) is 4.74 Å². The van der Waals surface area contributed by atoms with Crippen LogP contribution in [0.4, 0.5) is 11.4 Å². The van der Waals surface area contributed by atoms with E-state index in [0.717, 1.165) is 34.6 Å².